The Labute approximate surface area is 194 Å². The molecule has 0 saturated carbocycles. The van der Waals surface area contributed by atoms with Crippen LogP contribution in [-0.4, -0.2) is 54.0 Å². The normalized spacial score (nSPS) is 19.2. The maximum atomic E-state index is 5.96. The lowest BCUT2D eigenvalue weighted by Gasteiger charge is -2.35. The second-order valence-corrected chi connectivity index (χ2v) is 8.82. The molecule has 31 heavy (non-hydrogen) atoms. The van der Waals surface area contributed by atoms with E-state index in [9.17, 15) is 0 Å². The van der Waals surface area contributed by atoms with Crippen LogP contribution in [0.3, 0.4) is 0 Å². The molecule has 2 fully saturated rings. The summed E-state index contributed by atoms with van der Waals surface area (Å²) in [4.78, 5) is 14.2. The minimum absolute atomic E-state index is 0.462. The largest absolute Gasteiger partial charge is 0.378 e. The minimum atomic E-state index is 0.462. The Hall–Kier alpha value is -2.16. The van der Waals surface area contributed by atoms with E-state index < -0.39 is 0 Å². The number of rotatable bonds is 5. The van der Waals surface area contributed by atoms with Gasteiger partial charge >= 0.3 is 0 Å². The molecule has 2 N–H and O–H groups in total. The van der Waals surface area contributed by atoms with Gasteiger partial charge < -0.3 is 25.2 Å². The van der Waals surface area contributed by atoms with E-state index >= 15 is 0 Å². The van der Waals surface area contributed by atoms with Crippen LogP contribution in [0.1, 0.15) is 31.7 Å². The zero-order valence-corrected chi connectivity index (χ0v) is 19.4. The zero-order valence-electron chi connectivity index (χ0n) is 17.8. The smallest absolute Gasteiger partial charge is 0.232 e. The van der Waals surface area contributed by atoms with E-state index in [0.717, 1.165) is 41.9 Å². The second kappa shape index (κ2) is 10.4. The van der Waals surface area contributed by atoms with E-state index in [1.807, 2.05) is 24.3 Å². The number of nitrogens with zero attached hydrogens (tertiary/aromatic N) is 4. The number of benzene rings is 1. The molecule has 0 spiro atoms. The molecule has 1 atom stereocenters. The summed E-state index contributed by atoms with van der Waals surface area (Å²) in [6.07, 6.45) is 3.63. The summed E-state index contributed by atoms with van der Waals surface area (Å²) < 4.78 is 5.51. The predicted molar refractivity (Wildman–Crippen MR) is 130 cm³/mol. The minimum Gasteiger partial charge on any atom is -0.378 e. The van der Waals surface area contributed by atoms with Crippen molar-refractivity contribution < 1.29 is 4.74 Å². The molecule has 166 valence electrons. The standard InChI is InChI=1S/C22H29ClN6OS/c1-16-4-2-3-9-29(16)20-14-19(28-10-12-30-13-11-28)25-21(26-20)27-22(31)24-15-17-5-7-18(23)8-6-17/h5-8,14,16H,2-4,9-13,15H2,1H3,(H2,24,25,26,27,31)/t16-/m0/s1. The van der Waals surface area contributed by atoms with Gasteiger partial charge in [-0.25, -0.2) is 0 Å². The third kappa shape index (κ3) is 5.96. The first-order valence-electron chi connectivity index (χ1n) is 10.9. The molecule has 0 unspecified atom stereocenters. The molecule has 1 aromatic carbocycles. The summed E-state index contributed by atoms with van der Waals surface area (Å²) in [5, 5.41) is 7.62. The van der Waals surface area contributed by atoms with Gasteiger partial charge in [0.25, 0.3) is 0 Å². The first-order chi connectivity index (χ1) is 15.1. The lowest BCUT2D eigenvalue weighted by Crippen LogP contribution is -2.40. The van der Waals surface area contributed by atoms with Gasteiger partial charge in [0.2, 0.25) is 5.95 Å². The molecule has 0 aliphatic carbocycles. The van der Waals surface area contributed by atoms with Crippen molar-refractivity contribution in [2.75, 3.05) is 48.0 Å². The first kappa shape index (κ1) is 22.0. The van der Waals surface area contributed by atoms with E-state index in [0.29, 0.717) is 36.9 Å². The summed E-state index contributed by atoms with van der Waals surface area (Å²) >= 11 is 11.5. The molecule has 2 aliphatic heterocycles. The quantitative estimate of drug-likeness (QED) is 0.652. The number of anilines is 3. The van der Waals surface area contributed by atoms with Gasteiger partial charge in [-0.1, -0.05) is 23.7 Å². The van der Waals surface area contributed by atoms with Gasteiger partial charge in [0.15, 0.2) is 5.11 Å². The fraction of sp³-hybridized carbons (Fsp3) is 0.500. The Kier molecular flexibility index (Phi) is 7.42. The number of morpholine rings is 1. The monoisotopic (exact) mass is 460 g/mol. The van der Waals surface area contributed by atoms with Crippen molar-refractivity contribution in [3.8, 4) is 0 Å². The van der Waals surface area contributed by atoms with Gasteiger partial charge in [0, 0.05) is 43.3 Å². The average Bonchev–Trinajstić information content (AvgIpc) is 2.79. The molecule has 4 rings (SSSR count). The number of piperidine rings is 1. The molecule has 2 aromatic rings. The lowest BCUT2D eigenvalue weighted by molar-refractivity contribution is 0.122. The van der Waals surface area contributed by atoms with Crippen LogP contribution < -0.4 is 20.4 Å². The van der Waals surface area contributed by atoms with E-state index in [-0.39, 0.29) is 0 Å². The van der Waals surface area contributed by atoms with Gasteiger partial charge in [-0.05, 0) is 56.1 Å². The van der Waals surface area contributed by atoms with Crippen LogP contribution in [0.25, 0.3) is 0 Å². The molecule has 2 saturated heterocycles. The molecule has 1 aromatic heterocycles. The number of hydrogen-bond donors (Lipinski definition) is 2. The van der Waals surface area contributed by atoms with E-state index in [1.54, 1.807) is 0 Å². The maximum absolute atomic E-state index is 5.96. The van der Waals surface area contributed by atoms with Gasteiger partial charge in [0.05, 0.1) is 13.2 Å². The van der Waals surface area contributed by atoms with Crippen molar-refractivity contribution in [1.29, 1.82) is 0 Å². The van der Waals surface area contributed by atoms with Crippen molar-refractivity contribution in [2.24, 2.45) is 0 Å². The van der Waals surface area contributed by atoms with Crippen LogP contribution in [0.4, 0.5) is 17.6 Å². The highest BCUT2D eigenvalue weighted by atomic mass is 35.5. The van der Waals surface area contributed by atoms with Crippen molar-refractivity contribution in [2.45, 2.75) is 38.8 Å². The van der Waals surface area contributed by atoms with Crippen LogP contribution in [0.2, 0.25) is 5.02 Å². The number of halogens is 1. The van der Waals surface area contributed by atoms with Crippen molar-refractivity contribution in [3.63, 3.8) is 0 Å². The highest BCUT2D eigenvalue weighted by molar-refractivity contribution is 7.80. The van der Waals surface area contributed by atoms with Gasteiger partial charge in [-0.3, -0.25) is 0 Å². The Morgan fingerprint density at radius 3 is 2.61 bits per heavy atom. The number of ether oxygens (including phenoxy) is 1. The highest BCUT2D eigenvalue weighted by Gasteiger charge is 2.23. The second-order valence-electron chi connectivity index (χ2n) is 7.98. The number of thiocarbonyl (C=S) groups is 1. The molecule has 0 radical (unpaired) electrons. The number of aromatic nitrogens is 2. The molecule has 0 bridgehead atoms. The molecular formula is C22H29ClN6OS. The van der Waals surface area contributed by atoms with Gasteiger partial charge in [0.1, 0.15) is 11.6 Å². The third-order valence-electron chi connectivity index (χ3n) is 5.72. The SMILES string of the molecule is C[C@H]1CCCCN1c1cc(N2CCOCC2)nc(NC(=S)NCc2ccc(Cl)cc2)n1. The van der Waals surface area contributed by atoms with Crippen molar-refractivity contribution in [3.05, 3.63) is 40.9 Å². The Bertz CT molecular complexity index is 890. The molecule has 3 heterocycles. The van der Waals surface area contributed by atoms with Crippen molar-refractivity contribution >= 4 is 46.5 Å². The molecule has 7 nitrogen and oxygen atoms in total. The summed E-state index contributed by atoms with van der Waals surface area (Å²) in [6.45, 7) is 6.95. The third-order valence-corrected chi connectivity index (χ3v) is 6.22. The molecule has 9 heteroatoms. The Morgan fingerprint density at radius 2 is 1.87 bits per heavy atom. The van der Waals surface area contributed by atoms with E-state index in [1.165, 1.54) is 19.3 Å². The number of nitrogens with one attached hydrogen (secondary N) is 2. The summed E-state index contributed by atoms with van der Waals surface area (Å²) in [5.74, 6) is 2.38. The maximum Gasteiger partial charge on any atom is 0.232 e. The highest BCUT2D eigenvalue weighted by Crippen LogP contribution is 2.27. The van der Waals surface area contributed by atoms with E-state index in [4.69, 9.17) is 38.5 Å². The Morgan fingerprint density at radius 1 is 1.13 bits per heavy atom. The average molecular weight is 461 g/mol. The van der Waals surface area contributed by atoms with Crippen molar-refractivity contribution in [1.82, 2.24) is 15.3 Å². The summed E-state index contributed by atoms with van der Waals surface area (Å²) in [5.41, 5.74) is 1.10. The summed E-state index contributed by atoms with van der Waals surface area (Å²) in [7, 11) is 0. The van der Waals surface area contributed by atoms with Gasteiger partial charge in [-0.15, -0.1) is 0 Å². The molecular weight excluding hydrogens is 432 g/mol. The van der Waals surface area contributed by atoms with Crippen LogP contribution >= 0.6 is 23.8 Å². The molecule has 0 amide bonds. The lowest BCUT2D eigenvalue weighted by atomic mass is 10.0. The predicted octanol–water partition coefficient (Wildman–Crippen LogP) is 3.83. The number of hydrogen-bond acceptors (Lipinski definition) is 6. The Balaban J connectivity index is 1.49. The van der Waals surface area contributed by atoms with E-state index in [2.05, 4.69) is 33.4 Å². The fourth-order valence-corrected chi connectivity index (χ4v) is 4.24. The van der Waals surface area contributed by atoms with Crippen LogP contribution in [0.5, 0.6) is 0 Å². The topological polar surface area (TPSA) is 65.6 Å². The fourth-order valence-electron chi connectivity index (χ4n) is 3.95. The van der Waals surface area contributed by atoms with Crippen LogP contribution in [0.15, 0.2) is 30.3 Å². The van der Waals surface area contributed by atoms with Crippen LogP contribution in [0, 0.1) is 0 Å². The van der Waals surface area contributed by atoms with Crippen LogP contribution in [-0.2, 0) is 11.3 Å². The van der Waals surface area contributed by atoms with Gasteiger partial charge in [-0.2, -0.15) is 9.97 Å². The molecule has 2 aliphatic rings. The summed E-state index contributed by atoms with van der Waals surface area (Å²) in [6, 6.07) is 10.3. The zero-order chi connectivity index (χ0) is 21.6. The first-order valence-corrected chi connectivity index (χ1v) is 11.6.